The fourth-order valence-corrected chi connectivity index (χ4v) is 1.86. The number of methoxy groups -OCH3 is 1. The monoisotopic (exact) mass is 215 g/mol. The Bertz CT molecular complexity index is 510. The summed E-state index contributed by atoms with van der Waals surface area (Å²) in [5.74, 6) is 0.929. The summed E-state index contributed by atoms with van der Waals surface area (Å²) in [4.78, 5) is 0. The van der Waals surface area contributed by atoms with Crippen LogP contribution < -0.4 is 4.74 Å². The molecule has 0 unspecified atom stereocenters. The van der Waals surface area contributed by atoms with E-state index in [1.54, 1.807) is 7.11 Å². The number of ether oxygens (including phenoxy) is 1. The third-order valence-electron chi connectivity index (χ3n) is 2.89. The highest BCUT2D eigenvalue weighted by Gasteiger charge is 2.05. The Morgan fingerprint density at radius 2 is 2.19 bits per heavy atom. The van der Waals surface area contributed by atoms with Crippen molar-refractivity contribution in [2.24, 2.45) is 0 Å². The minimum Gasteiger partial charge on any atom is -0.496 e. The van der Waals surface area contributed by atoms with E-state index in [4.69, 9.17) is 4.74 Å². The lowest BCUT2D eigenvalue weighted by atomic mass is 10.2. The largest absolute Gasteiger partial charge is 0.496 e. The summed E-state index contributed by atoms with van der Waals surface area (Å²) in [7, 11) is 1.71. The maximum atomic E-state index is 5.34. The van der Waals surface area contributed by atoms with Gasteiger partial charge in [0.2, 0.25) is 0 Å². The van der Waals surface area contributed by atoms with E-state index in [0.717, 1.165) is 24.1 Å². The molecule has 0 amide bonds. The van der Waals surface area contributed by atoms with Gasteiger partial charge >= 0.3 is 0 Å². The van der Waals surface area contributed by atoms with Gasteiger partial charge in [-0.25, -0.2) is 0 Å². The van der Waals surface area contributed by atoms with Gasteiger partial charge in [0.25, 0.3) is 0 Å². The number of fused-ring (bicyclic) bond motifs is 1. The predicted molar refractivity (Wildman–Crippen MR) is 67.9 cm³/mol. The highest BCUT2D eigenvalue weighted by molar-refractivity contribution is 5.86. The normalized spacial score (nSPS) is 10.6. The predicted octanol–water partition coefficient (Wildman–Crippen LogP) is 3.62. The van der Waals surface area contributed by atoms with Crippen molar-refractivity contribution in [3.05, 3.63) is 42.6 Å². The summed E-state index contributed by atoms with van der Waals surface area (Å²) in [6.07, 6.45) is 3.11. The van der Waals surface area contributed by atoms with E-state index in [0.29, 0.717) is 0 Å². The van der Waals surface area contributed by atoms with E-state index in [2.05, 4.69) is 36.4 Å². The van der Waals surface area contributed by atoms with Gasteiger partial charge < -0.3 is 9.30 Å². The first kappa shape index (κ1) is 10.8. The molecule has 2 rings (SSSR count). The van der Waals surface area contributed by atoms with Crippen LogP contribution in [0.25, 0.3) is 10.9 Å². The maximum Gasteiger partial charge on any atom is 0.128 e. The average Bonchev–Trinajstić information content (AvgIpc) is 2.72. The maximum absolute atomic E-state index is 5.34. The topological polar surface area (TPSA) is 14.2 Å². The molecule has 0 aliphatic carbocycles. The first-order valence-corrected chi connectivity index (χ1v) is 5.54. The molecule has 0 atom stereocenters. The molecule has 0 spiro atoms. The Morgan fingerprint density at radius 3 is 2.88 bits per heavy atom. The Balaban J connectivity index is 2.45. The van der Waals surface area contributed by atoms with Gasteiger partial charge in [-0.15, -0.1) is 0 Å². The van der Waals surface area contributed by atoms with Crippen LogP contribution in [-0.2, 0) is 6.54 Å². The third kappa shape index (κ3) is 1.83. The van der Waals surface area contributed by atoms with Crippen molar-refractivity contribution < 1.29 is 4.74 Å². The SMILES string of the molecule is C=C(CC)Cn1ccc2c(OC)cccc21. The van der Waals surface area contributed by atoms with E-state index >= 15 is 0 Å². The Hall–Kier alpha value is -1.70. The van der Waals surface area contributed by atoms with E-state index in [-0.39, 0.29) is 0 Å². The molecule has 0 saturated heterocycles. The van der Waals surface area contributed by atoms with Crippen molar-refractivity contribution in [2.75, 3.05) is 7.11 Å². The molecule has 1 aromatic carbocycles. The minimum absolute atomic E-state index is 0.882. The van der Waals surface area contributed by atoms with Crippen LogP contribution in [0.2, 0.25) is 0 Å². The number of nitrogens with zero attached hydrogens (tertiary/aromatic N) is 1. The summed E-state index contributed by atoms with van der Waals surface area (Å²) in [5, 5.41) is 1.16. The fraction of sp³-hybridized carbons (Fsp3) is 0.286. The van der Waals surface area contributed by atoms with Crippen LogP contribution in [0.1, 0.15) is 13.3 Å². The molecule has 84 valence electrons. The molecule has 1 heterocycles. The van der Waals surface area contributed by atoms with Crippen molar-refractivity contribution >= 4 is 10.9 Å². The van der Waals surface area contributed by atoms with Gasteiger partial charge in [0.1, 0.15) is 5.75 Å². The molecule has 0 N–H and O–H groups in total. The Morgan fingerprint density at radius 1 is 1.38 bits per heavy atom. The molecule has 0 aliphatic rings. The van der Waals surface area contributed by atoms with E-state index in [1.807, 2.05) is 12.1 Å². The molecular formula is C14H17NO. The van der Waals surface area contributed by atoms with Crippen molar-refractivity contribution in [1.82, 2.24) is 4.57 Å². The molecule has 2 nitrogen and oxygen atoms in total. The molecule has 2 aromatic rings. The second-order valence-corrected chi connectivity index (χ2v) is 3.94. The minimum atomic E-state index is 0.882. The number of rotatable bonds is 4. The molecule has 0 saturated carbocycles. The summed E-state index contributed by atoms with van der Waals surface area (Å²) < 4.78 is 7.55. The molecule has 0 fully saturated rings. The van der Waals surface area contributed by atoms with Gasteiger partial charge in [-0.1, -0.05) is 25.1 Å². The molecular weight excluding hydrogens is 198 g/mol. The van der Waals surface area contributed by atoms with Crippen molar-refractivity contribution in [2.45, 2.75) is 19.9 Å². The number of aromatic nitrogens is 1. The van der Waals surface area contributed by atoms with Crippen LogP contribution in [0.3, 0.4) is 0 Å². The quantitative estimate of drug-likeness (QED) is 0.710. The van der Waals surface area contributed by atoms with Gasteiger partial charge in [-0.3, -0.25) is 0 Å². The molecule has 0 radical (unpaired) electrons. The zero-order valence-electron chi connectivity index (χ0n) is 9.86. The van der Waals surface area contributed by atoms with Crippen molar-refractivity contribution in [3.8, 4) is 5.75 Å². The van der Waals surface area contributed by atoms with Gasteiger partial charge in [0, 0.05) is 18.1 Å². The molecule has 0 aliphatic heterocycles. The summed E-state index contributed by atoms with van der Waals surface area (Å²) in [6.45, 7) is 7.06. The lowest BCUT2D eigenvalue weighted by Gasteiger charge is -2.07. The zero-order chi connectivity index (χ0) is 11.5. The standard InChI is InChI=1S/C14H17NO/c1-4-11(2)10-15-9-8-12-13(15)6-5-7-14(12)16-3/h5-9H,2,4,10H2,1,3H3. The number of allylic oxidation sites excluding steroid dienone is 1. The highest BCUT2D eigenvalue weighted by atomic mass is 16.5. The number of benzene rings is 1. The smallest absolute Gasteiger partial charge is 0.128 e. The van der Waals surface area contributed by atoms with E-state index < -0.39 is 0 Å². The van der Waals surface area contributed by atoms with Crippen LogP contribution >= 0.6 is 0 Å². The number of hydrogen-bond donors (Lipinski definition) is 0. The zero-order valence-corrected chi connectivity index (χ0v) is 9.86. The third-order valence-corrected chi connectivity index (χ3v) is 2.89. The second-order valence-electron chi connectivity index (χ2n) is 3.94. The first-order chi connectivity index (χ1) is 7.76. The van der Waals surface area contributed by atoms with Crippen LogP contribution in [0.15, 0.2) is 42.6 Å². The Kier molecular flexibility index (Phi) is 3.00. The van der Waals surface area contributed by atoms with E-state index in [1.165, 1.54) is 11.1 Å². The van der Waals surface area contributed by atoms with Crippen LogP contribution in [0.4, 0.5) is 0 Å². The average molecular weight is 215 g/mol. The van der Waals surface area contributed by atoms with Gasteiger partial charge in [0.05, 0.1) is 12.6 Å². The highest BCUT2D eigenvalue weighted by Crippen LogP contribution is 2.26. The first-order valence-electron chi connectivity index (χ1n) is 5.54. The second kappa shape index (κ2) is 4.44. The lowest BCUT2D eigenvalue weighted by Crippen LogP contribution is -1.97. The summed E-state index contributed by atoms with van der Waals surface area (Å²) in [5.41, 5.74) is 2.44. The van der Waals surface area contributed by atoms with Crippen LogP contribution in [0.5, 0.6) is 5.75 Å². The summed E-state index contributed by atoms with van der Waals surface area (Å²) in [6, 6.07) is 8.21. The molecule has 16 heavy (non-hydrogen) atoms. The van der Waals surface area contributed by atoms with Gasteiger partial charge in [0.15, 0.2) is 0 Å². The molecule has 1 aromatic heterocycles. The molecule has 2 heteroatoms. The molecule has 0 bridgehead atoms. The fourth-order valence-electron chi connectivity index (χ4n) is 1.86. The van der Waals surface area contributed by atoms with Gasteiger partial charge in [-0.2, -0.15) is 0 Å². The van der Waals surface area contributed by atoms with Crippen LogP contribution in [-0.4, -0.2) is 11.7 Å². The lowest BCUT2D eigenvalue weighted by molar-refractivity contribution is 0.420. The number of hydrogen-bond acceptors (Lipinski definition) is 1. The Labute approximate surface area is 96.1 Å². The van der Waals surface area contributed by atoms with Gasteiger partial charge in [-0.05, 0) is 24.6 Å². The van der Waals surface area contributed by atoms with E-state index in [9.17, 15) is 0 Å². The van der Waals surface area contributed by atoms with Crippen molar-refractivity contribution in [1.29, 1.82) is 0 Å². The van der Waals surface area contributed by atoms with Crippen molar-refractivity contribution in [3.63, 3.8) is 0 Å². The summed E-state index contributed by atoms with van der Waals surface area (Å²) >= 11 is 0. The van der Waals surface area contributed by atoms with Crippen LogP contribution in [0, 0.1) is 0 Å².